The molecular weight excluding hydrogens is 248 g/mol. The Morgan fingerprint density at radius 3 is 2.40 bits per heavy atom. The first-order valence-corrected chi connectivity index (χ1v) is 7.04. The lowest BCUT2D eigenvalue weighted by atomic mass is 9.83. The minimum atomic E-state index is -0.774. The Morgan fingerprint density at radius 2 is 1.60 bits per heavy atom. The summed E-state index contributed by atoms with van der Waals surface area (Å²) in [4.78, 5) is 0. The van der Waals surface area contributed by atoms with Gasteiger partial charge in [-0.15, -0.1) is 0 Å². The summed E-state index contributed by atoms with van der Waals surface area (Å²) in [5.41, 5.74) is 2.07. The Balaban J connectivity index is 2.09. The van der Waals surface area contributed by atoms with Crippen molar-refractivity contribution in [2.45, 2.75) is 25.0 Å². The normalized spacial score (nSPS) is 22.1. The molecule has 0 spiro atoms. The Labute approximate surface area is 117 Å². The lowest BCUT2D eigenvalue weighted by Gasteiger charge is -2.28. The van der Waals surface area contributed by atoms with Gasteiger partial charge >= 0.3 is 0 Å². The largest absolute Gasteiger partial charge is 0.390 e. The van der Waals surface area contributed by atoms with Gasteiger partial charge in [-0.2, -0.15) is 0 Å². The predicted octanol–water partition coefficient (Wildman–Crippen LogP) is 3.33. The highest BCUT2D eigenvalue weighted by Gasteiger charge is 2.27. The fourth-order valence-corrected chi connectivity index (χ4v) is 3.30. The van der Waals surface area contributed by atoms with Crippen LogP contribution in [0.4, 0.5) is 0 Å². The average molecular weight is 264 g/mol. The molecule has 0 radical (unpaired) electrons. The predicted molar refractivity (Wildman–Crippen MR) is 80.7 cm³/mol. The summed E-state index contributed by atoms with van der Waals surface area (Å²) < 4.78 is 0. The molecule has 2 atom stereocenters. The second-order valence-corrected chi connectivity index (χ2v) is 5.61. The third-order valence-electron chi connectivity index (χ3n) is 4.39. The van der Waals surface area contributed by atoms with Gasteiger partial charge in [-0.05, 0) is 57.6 Å². The van der Waals surface area contributed by atoms with Gasteiger partial charge in [0.1, 0.15) is 6.10 Å². The highest BCUT2D eigenvalue weighted by Crippen LogP contribution is 2.37. The molecule has 2 nitrogen and oxygen atoms in total. The van der Waals surface area contributed by atoms with E-state index in [1.807, 2.05) is 12.1 Å². The topological polar surface area (TPSA) is 40.5 Å². The highest BCUT2D eigenvalue weighted by molar-refractivity contribution is 6.00. The van der Waals surface area contributed by atoms with Gasteiger partial charge in [-0.25, -0.2) is 0 Å². The maximum Gasteiger partial charge on any atom is 0.106 e. The van der Waals surface area contributed by atoms with E-state index in [-0.39, 0.29) is 0 Å². The maximum atomic E-state index is 10.3. The van der Waals surface area contributed by atoms with Crippen molar-refractivity contribution in [3.63, 3.8) is 0 Å². The summed E-state index contributed by atoms with van der Waals surface area (Å²) in [7, 11) is 0. The summed E-state index contributed by atoms with van der Waals surface area (Å²) in [6.45, 7) is 0. The molecule has 2 heteroatoms. The summed E-state index contributed by atoms with van der Waals surface area (Å²) in [5, 5.41) is 24.8. The van der Waals surface area contributed by atoms with Crippen molar-refractivity contribution >= 4 is 21.5 Å². The van der Waals surface area contributed by atoms with Crippen molar-refractivity contribution in [2.24, 2.45) is 0 Å². The maximum absolute atomic E-state index is 10.3. The van der Waals surface area contributed by atoms with Crippen LogP contribution in [0.15, 0.2) is 48.5 Å². The zero-order valence-electron chi connectivity index (χ0n) is 11.1. The number of hydrogen-bond donors (Lipinski definition) is 2. The second-order valence-electron chi connectivity index (χ2n) is 5.61. The van der Waals surface area contributed by atoms with E-state index >= 15 is 0 Å². The van der Waals surface area contributed by atoms with E-state index in [1.165, 1.54) is 10.8 Å². The molecule has 100 valence electrons. The fraction of sp³-hybridized carbons (Fsp3) is 0.222. The van der Waals surface area contributed by atoms with Gasteiger partial charge in [-0.3, -0.25) is 0 Å². The minimum Gasteiger partial charge on any atom is -0.390 e. The summed E-state index contributed by atoms with van der Waals surface area (Å²) in [6.07, 6.45) is 0.0343. The number of aliphatic hydroxyl groups excluding tert-OH is 2. The zero-order valence-corrected chi connectivity index (χ0v) is 11.1. The van der Waals surface area contributed by atoms with E-state index in [2.05, 4.69) is 36.4 Å². The molecule has 0 saturated carbocycles. The molecule has 0 aromatic heterocycles. The quantitative estimate of drug-likeness (QED) is 0.611. The van der Waals surface area contributed by atoms with Gasteiger partial charge in [0.2, 0.25) is 0 Å². The second kappa shape index (κ2) is 4.30. The van der Waals surface area contributed by atoms with Crippen molar-refractivity contribution < 1.29 is 10.2 Å². The number of aliphatic hydroxyl groups is 2. The van der Waals surface area contributed by atoms with Gasteiger partial charge in [0.25, 0.3) is 0 Å². The van der Waals surface area contributed by atoms with E-state index < -0.39 is 12.2 Å². The van der Waals surface area contributed by atoms with Crippen molar-refractivity contribution in [3.8, 4) is 0 Å². The van der Waals surface area contributed by atoms with E-state index in [0.29, 0.717) is 6.42 Å². The molecule has 0 unspecified atom stereocenters. The molecular formula is C18H16O2. The van der Waals surface area contributed by atoms with Crippen LogP contribution in [0.1, 0.15) is 23.7 Å². The molecule has 20 heavy (non-hydrogen) atoms. The fourth-order valence-electron chi connectivity index (χ4n) is 3.30. The van der Waals surface area contributed by atoms with Crippen LogP contribution < -0.4 is 0 Å². The van der Waals surface area contributed by atoms with Crippen LogP contribution in [-0.2, 0) is 6.42 Å². The van der Waals surface area contributed by atoms with Gasteiger partial charge < -0.3 is 10.2 Å². The van der Waals surface area contributed by atoms with Crippen molar-refractivity contribution in [1.29, 1.82) is 0 Å². The molecule has 1 aliphatic carbocycles. The Morgan fingerprint density at radius 1 is 0.850 bits per heavy atom. The molecule has 2 N–H and O–H groups in total. The molecule has 4 rings (SSSR count). The third kappa shape index (κ3) is 1.65. The van der Waals surface area contributed by atoms with Crippen LogP contribution in [0.3, 0.4) is 0 Å². The number of fused-ring (bicyclic) bond motifs is 4. The first-order chi connectivity index (χ1) is 9.74. The molecule has 0 amide bonds. The number of aryl methyl sites for hydroxylation is 1. The van der Waals surface area contributed by atoms with Crippen LogP contribution in [-0.4, -0.2) is 16.3 Å². The molecule has 3 aromatic rings. The molecule has 0 fully saturated rings. The lowest BCUT2D eigenvalue weighted by Crippen LogP contribution is -2.25. The van der Waals surface area contributed by atoms with E-state index in [0.717, 1.165) is 28.3 Å². The first kappa shape index (κ1) is 11.9. The van der Waals surface area contributed by atoms with Gasteiger partial charge in [-0.1, -0.05) is 36.4 Å². The molecule has 1 aliphatic rings. The van der Waals surface area contributed by atoms with Crippen LogP contribution in [0, 0.1) is 0 Å². The monoisotopic (exact) mass is 264 g/mol. The molecule has 3 aromatic carbocycles. The van der Waals surface area contributed by atoms with Crippen molar-refractivity contribution in [2.75, 3.05) is 0 Å². The van der Waals surface area contributed by atoms with Crippen molar-refractivity contribution in [3.05, 3.63) is 59.7 Å². The SMILES string of the molecule is O[C@H]1CCc2ccc3cc4ccccc4cc3c2[C@@H]1O. The Hall–Kier alpha value is -1.90. The minimum absolute atomic E-state index is 0.632. The van der Waals surface area contributed by atoms with Crippen LogP contribution in [0.5, 0.6) is 0 Å². The average Bonchev–Trinajstić information content (AvgIpc) is 2.48. The standard InChI is InChI=1S/C18H16O2/c19-16-8-7-11-5-6-14-9-12-3-1-2-4-13(12)10-15(14)17(11)18(16)20/h1-6,9-10,16,18-20H,7-8H2/t16-,18+/m0/s1. The highest BCUT2D eigenvalue weighted by atomic mass is 16.3. The van der Waals surface area contributed by atoms with Crippen LogP contribution in [0.2, 0.25) is 0 Å². The Kier molecular flexibility index (Phi) is 2.56. The summed E-state index contributed by atoms with van der Waals surface area (Å²) >= 11 is 0. The van der Waals surface area contributed by atoms with E-state index in [9.17, 15) is 10.2 Å². The van der Waals surface area contributed by atoms with Gasteiger partial charge in [0, 0.05) is 0 Å². The lowest BCUT2D eigenvalue weighted by molar-refractivity contribution is 0.00747. The first-order valence-electron chi connectivity index (χ1n) is 7.04. The number of rotatable bonds is 0. The van der Waals surface area contributed by atoms with Gasteiger partial charge in [0.05, 0.1) is 6.10 Å². The smallest absolute Gasteiger partial charge is 0.106 e. The van der Waals surface area contributed by atoms with Crippen molar-refractivity contribution in [1.82, 2.24) is 0 Å². The van der Waals surface area contributed by atoms with E-state index in [4.69, 9.17) is 0 Å². The number of benzene rings is 3. The van der Waals surface area contributed by atoms with Crippen LogP contribution in [0.25, 0.3) is 21.5 Å². The summed E-state index contributed by atoms with van der Waals surface area (Å²) in [5.74, 6) is 0. The summed E-state index contributed by atoms with van der Waals surface area (Å²) in [6, 6.07) is 16.7. The molecule has 0 heterocycles. The Bertz CT molecular complexity index is 807. The van der Waals surface area contributed by atoms with Crippen LogP contribution >= 0.6 is 0 Å². The molecule has 0 saturated heterocycles. The zero-order chi connectivity index (χ0) is 13.7. The molecule has 0 aliphatic heterocycles. The van der Waals surface area contributed by atoms with E-state index in [1.54, 1.807) is 0 Å². The van der Waals surface area contributed by atoms with Gasteiger partial charge in [0.15, 0.2) is 0 Å². The molecule has 0 bridgehead atoms. The third-order valence-corrected chi connectivity index (χ3v) is 4.39. The number of hydrogen-bond acceptors (Lipinski definition) is 2.